The van der Waals surface area contributed by atoms with Gasteiger partial charge in [0, 0.05) is 6.42 Å². The summed E-state index contributed by atoms with van der Waals surface area (Å²) in [7, 11) is 0. The molecule has 29 nitrogen and oxygen atoms in total. The topological polar surface area (TPSA) is 628 Å². The Kier molecular flexibility index (Phi) is 73.3. The van der Waals surface area contributed by atoms with Gasteiger partial charge in [0.05, 0.1) is 0 Å². The van der Waals surface area contributed by atoms with E-state index >= 15 is 0 Å². The molecule has 0 heterocycles. The maximum Gasteiger partial charge on any atom is 0.326 e. The molecule has 0 unspecified atom stereocenters. The van der Waals surface area contributed by atoms with Crippen LogP contribution < -0.4 is 79.9 Å². The van der Waals surface area contributed by atoms with Crippen LogP contribution in [0.1, 0.15) is 167 Å². The summed E-state index contributed by atoms with van der Waals surface area (Å²) in [6.45, 7) is 6.23. The lowest BCUT2D eigenvalue weighted by atomic mass is 10.1. The number of aliphatic carboxylic acids is 7. The van der Waals surface area contributed by atoms with Gasteiger partial charge in [-0.15, -0.1) is 0 Å². The predicted octanol–water partition coefficient (Wildman–Crippen LogP) is -1.57. The largest absolute Gasteiger partial charge is 0.480 e. The lowest BCUT2D eigenvalue weighted by molar-refractivity contribution is -0.142. The molecule has 0 saturated heterocycles. The Labute approximate surface area is 456 Å². The van der Waals surface area contributed by atoms with E-state index < -0.39 is 84.1 Å². The highest BCUT2D eigenvalue weighted by atomic mass is 16.4. The molecule has 0 rings (SSSR count). The fourth-order valence-electron chi connectivity index (χ4n) is 5.34. The molecule has 0 fully saturated rings. The van der Waals surface area contributed by atoms with Gasteiger partial charge < -0.3 is 116 Å². The van der Waals surface area contributed by atoms with Crippen molar-refractivity contribution in [1.82, 2.24) is 5.32 Å². The van der Waals surface area contributed by atoms with E-state index in [0.717, 1.165) is 109 Å². The first-order chi connectivity index (χ1) is 36.2. The van der Waals surface area contributed by atoms with Crippen molar-refractivity contribution >= 4 is 47.7 Å². The van der Waals surface area contributed by atoms with Crippen LogP contribution in [-0.2, 0) is 38.4 Å². The Morgan fingerprint density at radius 3 is 0.649 bits per heavy atom. The molecule has 0 saturated carbocycles. The van der Waals surface area contributed by atoms with E-state index in [0.29, 0.717) is 97.2 Å². The fraction of sp³-hybridized carbons (Fsp3) is 0.833. The van der Waals surface area contributed by atoms with Crippen molar-refractivity contribution in [3.8, 4) is 0 Å². The average molecular weight is 1120 g/mol. The highest BCUT2D eigenvalue weighted by molar-refractivity contribution is 5.83. The van der Waals surface area contributed by atoms with E-state index in [2.05, 4.69) is 12.2 Å². The number of carbonyl (C=O) groups excluding carboxylic acids is 1. The number of amides is 1. The summed E-state index contributed by atoms with van der Waals surface area (Å²) < 4.78 is 0. The maximum absolute atomic E-state index is 11.5. The van der Waals surface area contributed by atoms with E-state index in [1.165, 1.54) is 0 Å². The molecule has 0 aliphatic heterocycles. The maximum atomic E-state index is 11.5. The molecule has 0 bridgehead atoms. The van der Waals surface area contributed by atoms with Crippen molar-refractivity contribution in [1.29, 1.82) is 0 Å². The molecular weight excluding hydrogens is 1010 g/mol. The molecule has 0 aromatic rings. The molecule has 0 aromatic carbocycles. The summed E-state index contributed by atoms with van der Waals surface area (Å²) in [5, 5.41) is 61.5. The first-order valence-corrected chi connectivity index (χ1v) is 26.5. The van der Waals surface area contributed by atoms with Crippen LogP contribution in [0.3, 0.4) is 0 Å². The van der Waals surface area contributed by atoms with Gasteiger partial charge in [0.1, 0.15) is 42.3 Å². The highest BCUT2D eigenvalue weighted by Gasteiger charge is 2.19. The normalized spacial score (nSPS) is 12.8. The smallest absolute Gasteiger partial charge is 0.326 e. The zero-order valence-electron chi connectivity index (χ0n) is 46.1. The van der Waals surface area contributed by atoms with Crippen LogP contribution in [0.25, 0.3) is 0 Å². The molecule has 77 heavy (non-hydrogen) atoms. The number of unbranched alkanes of at least 4 members (excludes halogenated alkanes) is 9. The van der Waals surface area contributed by atoms with Gasteiger partial charge >= 0.3 is 41.8 Å². The second-order valence-electron chi connectivity index (χ2n) is 17.6. The molecule has 0 aliphatic carbocycles. The predicted molar refractivity (Wildman–Crippen MR) is 298 cm³/mol. The first-order valence-electron chi connectivity index (χ1n) is 26.5. The minimum atomic E-state index is -0.967. The number of hydrogen-bond acceptors (Lipinski definition) is 21. The number of rotatable bonds is 40. The van der Waals surface area contributed by atoms with E-state index in [1.807, 2.05) is 0 Å². The van der Waals surface area contributed by atoms with Gasteiger partial charge in [-0.3, -0.25) is 33.6 Å². The first kappa shape index (κ1) is 86.1. The zero-order valence-corrected chi connectivity index (χ0v) is 46.1. The van der Waals surface area contributed by atoms with Gasteiger partial charge in [-0.2, -0.15) is 0 Å². The summed E-state index contributed by atoms with van der Waals surface area (Å²) in [6, 6.07) is -5.06. The molecule has 1 amide bonds. The molecular formula is C48H108N14O15. The molecule has 29 heteroatoms. The Balaban J connectivity index is -0.000000150. The summed E-state index contributed by atoms with van der Waals surface area (Å²) in [5.41, 5.74) is 67.9. The number of nitrogens with two attached hydrogens (primary N) is 13. The molecule has 34 N–H and O–H groups in total. The minimum absolute atomic E-state index is 0.168. The zero-order chi connectivity index (χ0) is 61.0. The van der Waals surface area contributed by atoms with Crippen LogP contribution in [0.15, 0.2) is 0 Å². The molecule has 0 aliphatic rings. The van der Waals surface area contributed by atoms with Crippen molar-refractivity contribution in [2.24, 2.45) is 74.5 Å². The SMILES string of the molecule is CCCCCC(=O)N[C@@H](CCCCN)C(=O)O.NCCCC[C@H](N)C(=O)O.NCCCC[C@H](N)C(=O)O.NCCCC[C@H](N)C(=O)O.NCCCC[C@H](N)C(=O)O.NCCCC[C@H](N)C(=O)O.NCCCC[C@H](N)C(=O)O. The standard InChI is InChI=1S/C12H24N2O3.6C6H14N2O2/c1-2-3-4-8-11(15)14-10(12(16)17)7-5-6-9-13;6*7-4-2-1-3-5(8)6(9)10/h10H,2-9,13H2,1H3,(H,14,15)(H,16,17);6*5H,1-4,7-8H2,(H,9,10)/t10-;6*5-/m0000000/s1. The highest BCUT2D eigenvalue weighted by Crippen LogP contribution is 2.05. The van der Waals surface area contributed by atoms with E-state index in [9.17, 15) is 38.4 Å². The third-order valence-electron chi connectivity index (χ3n) is 10.3. The second-order valence-corrected chi connectivity index (χ2v) is 17.6. The van der Waals surface area contributed by atoms with Gasteiger partial charge in [0.15, 0.2) is 0 Å². The number of carboxylic acids is 7. The Hall–Kier alpha value is -4.76. The van der Waals surface area contributed by atoms with Gasteiger partial charge in [-0.1, -0.05) is 58.3 Å². The molecule has 7 atom stereocenters. The van der Waals surface area contributed by atoms with Crippen molar-refractivity contribution in [3.05, 3.63) is 0 Å². The van der Waals surface area contributed by atoms with Crippen LogP contribution in [0.2, 0.25) is 0 Å². The molecule has 0 spiro atoms. The van der Waals surface area contributed by atoms with Crippen molar-refractivity contribution < 1.29 is 74.1 Å². The van der Waals surface area contributed by atoms with Crippen LogP contribution in [0.5, 0.6) is 0 Å². The third-order valence-corrected chi connectivity index (χ3v) is 10.3. The minimum Gasteiger partial charge on any atom is -0.480 e. The van der Waals surface area contributed by atoms with Crippen molar-refractivity contribution in [3.63, 3.8) is 0 Å². The van der Waals surface area contributed by atoms with Crippen LogP contribution in [-0.4, -0.2) is 172 Å². The van der Waals surface area contributed by atoms with Gasteiger partial charge in [-0.25, -0.2) is 4.79 Å². The van der Waals surface area contributed by atoms with Gasteiger partial charge in [-0.05, 0) is 149 Å². The third kappa shape index (κ3) is 75.5. The van der Waals surface area contributed by atoms with E-state index in [4.69, 9.17) is 110 Å². The molecule has 0 aromatic heterocycles. The Morgan fingerprint density at radius 2 is 0.494 bits per heavy atom. The average Bonchev–Trinajstić information content (AvgIpc) is 3.37. The van der Waals surface area contributed by atoms with E-state index in [1.54, 1.807) is 0 Å². The van der Waals surface area contributed by atoms with Crippen molar-refractivity contribution in [2.45, 2.75) is 210 Å². The van der Waals surface area contributed by atoms with Crippen LogP contribution in [0.4, 0.5) is 0 Å². The number of hydrogen-bond donors (Lipinski definition) is 21. The molecule has 460 valence electrons. The Morgan fingerprint density at radius 1 is 0.299 bits per heavy atom. The monoisotopic (exact) mass is 1120 g/mol. The summed E-state index contributed by atoms with van der Waals surface area (Å²) in [4.78, 5) is 83.2. The van der Waals surface area contributed by atoms with Crippen LogP contribution >= 0.6 is 0 Å². The lowest BCUT2D eigenvalue weighted by Crippen LogP contribution is -2.40. The number of carboxylic acid groups (broad SMARTS) is 7. The van der Waals surface area contributed by atoms with Crippen LogP contribution in [0, 0.1) is 0 Å². The van der Waals surface area contributed by atoms with Gasteiger partial charge in [0.2, 0.25) is 5.91 Å². The van der Waals surface area contributed by atoms with Crippen molar-refractivity contribution in [2.75, 3.05) is 45.8 Å². The van der Waals surface area contributed by atoms with E-state index in [-0.39, 0.29) is 5.91 Å². The summed E-state index contributed by atoms with van der Waals surface area (Å²) in [5.74, 6) is -6.73. The Bertz CT molecular complexity index is 1230. The van der Waals surface area contributed by atoms with Gasteiger partial charge in [0.25, 0.3) is 0 Å². The summed E-state index contributed by atoms with van der Waals surface area (Å²) in [6.07, 6.45) is 18.2. The molecule has 0 radical (unpaired) electrons. The summed E-state index contributed by atoms with van der Waals surface area (Å²) >= 11 is 0. The quantitative estimate of drug-likeness (QED) is 0.0308. The number of nitrogens with one attached hydrogen (secondary N) is 1. The second kappa shape index (κ2) is 65.5. The fourth-order valence-corrected chi connectivity index (χ4v) is 5.34. The number of carbonyl (C=O) groups is 8. The lowest BCUT2D eigenvalue weighted by Gasteiger charge is -2.14.